The standard InChI is InChI=1S/2C16H17NS/c2*1-17-11-12-5-2-3-6-13(12)16(17)9-4-7-15-14(16)8-10-18-15/h2*2-3,5-6,8,10H,4,7,9,11H2,1H3. The molecule has 2 aromatic carbocycles. The van der Waals surface area contributed by atoms with Crippen LogP contribution in [0.1, 0.15) is 68.8 Å². The summed E-state index contributed by atoms with van der Waals surface area (Å²) in [5.41, 5.74) is 9.61. The molecule has 0 bridgehead atoms. The Kier molecular flexibility index (Phi) is 5.52. The molecule has 184 valence electrons. The Morgan fingerprint density at radius 3 is 1.50 bits per heavy atom. The summed E-state index contributed by atoms with van der Waals surface area (Å²) in [6, 6.07) is 22.7. The maximum Gasteiger partial charge on any atom is 0.0730 e. The van der Waals surface area contributed by atoms with Gasteiger partial charge < -0.3 is 0 Å². The molecule has 2 nitrogen and oxygen atoms in total. The van der Waals surface area contributed by atoms with Crippen molar-refractivity contribution >= 4 is 22.7 Å². The maximum atomic E-state index is 2.56. The van der Waals surface area contributed by atoms with E-state index in [4.69, 9.17) is 0 Å². The molecule has 2 atom stereocenters. The summed E-state index contributed by atoms with van der Waals surface area (Å²) in [7, 11) is 4.57. The molecule has 2 aliphatic carbocycles. The van der Waals surface area contributed by atoms with E-state index in [0.29, 0.717) is 0 Å². The molecule has 4 heteroatoms. The van der Waals surface area contributed by atoms with Crippen molar-refractivity contribution in [3.8, 4) is 0 Å². The predicted octanol–water partition coefficient (Wildman–Crippen LogP) is 7.55. The summed E-state index contributed by atoms with van der Waals surface area (Å²) in [6.45, 7) is 2.18. The predicted molar refractivity (Wildman–Crippen MR) is 152 cm³/mol. The topological polar surface area (TPSA) is 6.48 Å². The van der Waals surface area contributed by atoms with E-state index in [-0.39, 0.29) is 11.1 Å². The second kappa shape index (κ2) is 8.66. The normalized spacial score (nSPS) is 26.3. The first-order valence-corrected chi connectivity index (χ1v) is 15.1. The van der Waals surface area contributed by atoms with Crippen LogP contribution in [-0.4, -0.2) is 23.9 Å². The highest BCUT2D eigenvalue weighted by Crippen LogP contribution is 2.52. The van der Waals surface area contributed by atoms with E-state index in [1.807, 2.05) is 22.7 Å². The summed E-state index contributed by atoms with van der Waals surface area (Å²) in [5, 5.41) is 4.54. The van der Waals surface area contributed by atoms with Crippen molar-refractivity contribution in [2.45, 2.75) is 62.7 Å². The number of benzene rings is 2. The van der Waals surface area contributed by atoms with Crippen LogP contribution in [0.3, 0.4) is 0 Å². The number of hydrogen-bond donors (Lipinski definition) is 0. The van der Waals surface area contributed by atoms with Crippen molar-refractivity contribution in [3.63, 3.8) is 0 Å². The van der Waals surface area contributed by atoms with Gasteiger partial charge in [-0.05, 0) is 109 Å². The zero-order valence-electron chi connectivity index (χ0n) is 21.3. The number of rotatable bonds is 0. The lowest BCUT2D eigenvalue weighted by Crippen LogP contribution is -2.41. The summed E-state index contributed by atoms with van der Waals surface area (Å²) >= 11 is 3.87. The molecule has 4 aromatic rings. The molecule has 2 unspecified atom stereocenters. The highest BCUT2D eigenvalue weighted by Gasteiger charge is 2.48. The minimum atomic E-state index is 0.171. The molecule has 0 amide bonds. The molecule has 0 saturated heterocycles. The van der Waals surface area contributed by atoms with E-state index in [2.05, 4.69) is 95.3 Å². The zero-order chi connectivity index (χ0) is 24.3. The van der Waals surface area contributed by atoms with E-state index in [1.165, 1.54) is 49.7 Å². The molecule has 4 heterocycles. The molecule has 2 spiro atoms. The Balaban J connectivity index is 0.000000122. The molecule has 0 radical (unpaired) electrons. The summed E-state index contributed by atoms with van der Waals surface area (Å²) in [4.78, 5) is 8.32. The largest absolute Gasteiger partial charge is 0.289 e. The van der Waals surface area contributed by atoms with Gasteiger partial charge in [-0.25, -0.2) is 0 Å². The van der Waals surface area contributed by atoms with Gasteiger partial charge in [0.05, 0.1) is 11.1 Å². The third-order valence-corrected chi connectivity index (χ3v) is 11.3. The summed E-state index contributed by atoms with van der Waals surface area (Å²) in [6.07, 6.45) is 7.70. The Bertz CT molecular complexity index is 1310. The van der Waals surface area contributed by atoms with Crippen LogP contribution < -0.4 is 0 Å². The van der Waals surface area contributed by atoms with Crippen LogP contribution in [0.15, 0.2) is 71.4 Å². The van der Waals surface area contributed by atoms with E-state index < -0.39 is 0 Å². The number of aryl methyl sites for hydroxylation is 2. The van der Waals surface area contributed by atoms with Crippen molar-refractivity contribution in [1.29, 1.82) is 0 Å². The fourth-order valence-electron chi connectivity index (χ4n) is 7.75. The molecule has 8 rings (SSSR count). The summed E-state index contributed by atoms with van der Waals surface area (Å²) in [5.74, 6) is 0. The van der Waals surface area contributed by atoms with Crippen LogP contribution in [0, 0.1) is 0 Å². The highest BCUT2D eigenvalue weighted by atomic mass is 32.1. The van der Waals surface area contributed by atoms with Gasteiger partial charge in [0.2, 0.25) is 0 Å². The van der Waals surface area contributed by atoms with E-state index in [9.17, 15) is 0 Å². The highest BCUT2D eigenvalue weighted by molar-refractivity contribution is 7.10. The average molecular weight is 511 g/mol. The van der Waals surface area contributed by atoms with Gasteiger partial charge in [-0.15, -0.1) is 22.7 Å². The third-order valence-electron chi connectivity index (χ3n) is 9.31. The van der Waals surface area contributed by atoms with Crippen molar-refractivity contribution in [2.75, 3.05) is 14.1 Å². The number of nitrogens with zero attached hydrogens (tertiary/aromatic N) is 2. The lowest BCUT2D eigenvalue weighted by molar-refractivity contribution is 0.157. The Labute approximate surface area is 223 Å². The van der Waals surface area contributed by atoms with Crippen LogP contribution >= 0.6 is 22.7 Å². The summed E-state index contributed by atoms with van der Waals surface area (Å²) < 4.78 is 0. The van der Waals surface area contributed by atoms with Gasteiger partial charge in [0.1, 0.15) is 0 Å². The zero-order valence-corrected chi connectivity index (χ0v) is 22.9. The van der Waals surface area contributed by atoms with Gasteiger partial charge in [0.15, 0.2) is 0 Å². The average Bonchev–Trinajstić information content (AvgIpc) is 3.68. The van der Waals surface area contributed by atoms with Crippen molar-refractivity contribution in [2.24, 2.45) is 0 Å². The van der Waals surface area contributed by atoms with E-state index >= 15 is 0 Å². The van der Waals surface area contributed by atoms with Crippen molar-refractivity contribution in [3.05, 3.63) is 115 Å². The minimum absolute atomic E-state index is 0.171. The lowest BCUT2D eigenvalue weighted by Gasteiger charge is -2.40. The number of fused-ring (bicyclic) bond motifs is 8. The molecule has 0 N–H and O–H groups in total. The maximum absolute atomic E-state index is 2.56. The molecular weight excluding hydrogens is 477 g/mol. The van der Waals surface area contributed by atoms with Crippen LogP contribution in [-0.2, 0) is 37.0 Å². The quantitative estimate of drug-likeness (QED) is 0.241. The van der Waals surface area contributed by atoms with Gasteiger partial charge in [0, 0.05) is 22.8 Å². The monoisotopic (exact) mass is 510 g/mol. The second-order valence-corrected chi connectivity index (χ2v) is 13.0. The fourth-order valence-corrected chi connectivity index (χ4v) is 9.74. The van der Waals surface area contributed by atoms with Crippen LogP contribution in [0.2, 0.25) is 0 Å². The molecule has 36 heavy (non-hydrogen) atoms. The number of thiophene rings is 2. The first-order chi connectivity index (χ1) is 17.6. The van der Waals surface area contributed by atoms with E-state index in [1.54, 1.807) is 32.0 Å². The fraction of sp³-hybridized carbons (Fsp3) is 0.375. The number of hydrogen-bond acceptors (Lipinski definition) is 4. The minimum Gasteiger partial charge on any atom is -0.289 e. The van der Waals surface area contributed by atoms with Crippen molar-refractivity contribution in [1.82, 2.24) is 9.80 Å². The first kappa shape index (κ1) is 22.9. The molecule has 2 aromatic heterocycles. The lowest BCUT2D eigenvalue weighted by atomic mass is 9.75. The Morgan fingerprint density at radius 1 is 0.583 bits per heavy atom. The van der Waals surface area contributed by atoms with Crippen LogP contribution in [0.4, 0.5) is 0 Å². The molecular formula is C32H34N2S2. The van der Waals surface area contributed by atoms with Gasteiger partial charge in [-0.3, -0.25) is 9.80 Å². The second-order valence-electron chi connectivity index (χ2n) is 11.0. The van der Waals surface area contributed by atoms with Crippen molar-refractivity contribution < 1.29 is 0 Å². The van der Waals surface area contributed by atoms with Crippen LogP contribution in [0.25, 0.3) is 0 Å². The van der Waals surface area contributed by atoms with Crippen LogP contribution in [0.5, 0.6) is 0 Å². The molecule has 0 saturated carbocycles. The van der Waals surface area contributed by atoms with Gasteiger partial charge in [-0.1, -0.05) is 48.5 Å². The van der Waals surface area contributed by atoms with Gasteiger partial charge in [-0.2, -0.15) is 0 Å². The molecule has 4 aliphatic rings. The third kappa shape index (κ3) is 3.14. The molecule has 2 aliphatic heterocycles. The smallest absolute Gasteiger partial charge is 0.0730 e. The first-order valence-electron chi connectivity index (χ1n) is 13.4. The Hall–Kier alpha value is -2.24. The van der Waals surface area contributed by atoms with Gasteiger partial charge in [0.25, 0.3) is 0 Å². The molecule has 0 fully saturated rings. The van der Waals surface area contributed by atoms with E-state index in [0.717, 1.165) is 13.1 Å². The SMILES string of the molecule is CN1Cc2ccccc2C12CCCc1sccc12.CN1Cc2ccccc2C12CCCc1sccc12. The Morgan fingerprint density at radius 2 is 1.03 bits per heavy atom. The van der Waals surface area contributed by atoms with Gasteiger partial charge >= 0.3 is 0 Å².